The van der Waals surface area contributed by atoms with Crippen molar-refractivity contribution in [3.05, 3.63) is 35.0 Å². The Balaban J connectivity index is 1.91. The molecule has 22 heavy (non-hydrogen) atoms. The highest BCUT2D eigenvalue weighted by Crippen LogP contribution is 2.29. The number of fused-ring (bicyclic) bond motifs is 1. The molecule has 0 unspecified atom stereocenters. The van der Waals surface area contributed by atoms with Crippen LogP contribution >= 0.6 is 0 Å². The van der Waals surface area contributed by atoms with Crippen LogP contribution in [0.1, 0.15) is 21.6 Å². The first-order valence-electron chi connectivity index (χ1n) is 7.03. The molecule has 0 atom stereocenters. The molecule has 0 spiro atoms. The van der Waals surface area contributed by atoms with Crippen molar-refractivity contribution in [3.63, 3.8) is 0 Å². The lowest BCUT2D eigenvalue weighted by Gasteiger charge is -2.15. The number of H-pyrrole nitrogens is 1. The fraction of sp³-hybridized carbons (Fsp3) is 0.333. The molecule has 3 rings (SSSR count). The van der Waals surface area contributed by atoms with Crippen molar-refractivity contribution < 1.29 is 14.3 Å². The number of aromatic amines is 1. The van der Waals surface area contributed by atoms with Crippen LogP contribution in [0.15, 0.2) is 18.2 Å². The average Bonchev–Trinajstić information content (AvgIpc) is 2.97. The zero-order valence-corrected chi connectivity index (χ0v) is 12.5. The van der Waals surface area contributed by atoms with Crippen molar-refractivity contribution in [3.8, 4) is 11.5 Å². The number of anilines is 1. The molecule has 1 aliphatic heterocycles. The van der Waals surface area contributed by atoms with Gasteiger partial charge in [-0.15, -0.1) is 0 Å². The number of methoxy groups -OCH3 is 2. The van der Waals surface area contributed by atoms with Gasteiger partial charge in [-0.05, 0) is 12.1 Å². The first-order valence-corrected chi connectivity index (χ1v) is 7.03. The summed E-state index contributed by atoms with van der Waals surface area (Å²) in [7, 11) is 3.04. The number of amides is 1. The average molecular weight is 302 g/mol. The number of nitrogens with zero attached hydrogens (tertiary/aromatic N) is 1. The van der Waals surface area contributed by atoms with Gasteiger partial charge in [0.2, 0.25) is 0 Å². The summed E-state index contributed by atoms with van der Waals surface area (Å²) in [6.07, 6.45) is 0.871. The van der Waals surface area contributed by atoms with Gasteiger partial charge in [-0.3, -0.25) is 9.89 Å². The summed E-state index contributed by atoms with van der Waals surface area (Å²) >= 11 is 0. The molecule has 0 saturated carbocycles. The van der Waals surface area contributed by atoms with Crippen molar-refractivity contribution in [2.75, 3.05) is 26.1 Å². The highest BCUT2D eigenvalue weighted by atomic mass is 16.5. The molecule has 0 fully saturated rings. The monoisotopic (exact) mass is 302 g/mol. The zero-order chi connectivity index (χ0) is 15.5. The third-order valence-electron chi connectivity index (χ3n) is 3.69. The van der Waals surface area contributed by atoms with Gasteiger partial charge in [-0.2, -0.15) is 5.10 Å². The van der Waals surface area contributed by atoms with Gasteiger partial charge in [-0.25, -0.2) is 0 Å². The van der Waals surface area contributed by atoms with E-state index >= 15 is 0 Å². The Hall–Kier alpha value is -2.54. The fourth-order valence-corrected chi connectivity index (χ4v) is 2.57. The maximum absolute atomic E-state index is 12.6. The number of nitrogens with one attached hydrogen (secondary N) is 3. The van der Waals surface area contributed by atoms with Crippen LogP contribution in [0.4, 0.5) is 5.82 Å². The maximum Gasteiger partial charge on any atom is 0.264 e. The lowest BCUT2D eigenvalue weighted by molar-refractivity contribution is 0.102. The highest BCUT2D eigenvalue weighted by molar-refractivity contribution is 6.08. The third kappa shape index (κ3) is 2.50. The van der Waals surface area contributed by atoms with E-state index in [4.69, 9.17) is 9.47 Å². The van der Waals surface area contributed by atoms with Gasteiger partial charge in [0.15, 0.2) is 5.82 Å². The Kier molecular flexibility index (Phi) is 3.97. The minimum absolute atomic E-state index is 0.311. The van der Waals surface area contributed by atoms with E-state index in [0.717, 1.165) is 24.2 Å². The van der Waals surface area contributed by atoms with Crippen LogP contribution in [-0.4, -0.2) is 36.9 Å². The second kappa shape index (κ2) is 6.07. The summed E-state index contributed by atoms with van der Waals surface area (Å²) in [5.74, 6) is 1.15. The first-order chi connectivity index (χ1) is 10.7. The molecular weight excluding hydrogens is 284 g/mol. The predicted molar refractivity (Wildman–Crippen MR) is 81.5 cm³/mol. The molecule has 3 N–H and O–H groups in total. The zero-order valence-electron chi connectivity index (χ0n) is 12.5. The molecular formula is C15H18N4O3. The smallest absolute Gasteiger partial charge is 0.264 e. The molecule has 1 aromatic heterocycles. The van der Waals surface area contributed by atoms with Gasteiger partial charge < -0.3 is 20.1 Å². The molecule has 7 heteroatoms. The summed E-state index contributed by atoms with van der Waals surface area (Å²) in [5.41, 5.74) is 2.41. The molecule has 1 amide bonds. The van der Waals surface area contributed by atoms with E-state index < -0.39 is 0 Å². The number of carbonyl (C=O) groups is 1. The molecule has 0 radical (unpaired) electrons. The molecule has 0 bridgehead atoms. The van der Waals surface area contributed by atoms with Gasteiger partial charge in [0.05, 0.1) is 14.2 Å². The molecule has 0 saturated heterocycles. The standard InChI is InChI=1S/C15H18N4O3/c1-21-11-4-3-5-12(22-2)13(11)15(20)17-14-9-8-16-7-6-10(9)18-19-14/h3-5,16H,6-8H2,1-2H3,(H2,17,18,19,20). The topological polar surface area (TPSA) is 88.3 Å². The van der Waals surface area contributed by atoms with E-state index in [-0.39, 0.29) is 5.91 Å². The molecule has 1 aliphatic rings. The second-order valence-corrected chi connectivity index (χ2v) is 4.95. The van der Waals surface area contributed by atoms with Crippen molar-refractivity contribution in [2.24, 2.45) is 0 Å². The number of aromatic nitrogens is 2. The Morgan fingerprint density at radius 3 is 2.68 bits per heavy atom. The minimum Gasteiger partial charge on any atom is -0.496 e. The first kappa shape index (κ1) is 14.4. The Morgan fingerprint density at radius 1 is 1.27 bits per heavy atom. The summed E-state index contributed by atoms with van der Waals surface area (Å²) in [6.45, 7) is 1.59. The van der Waals surface area contributed by atoms with E-state index in [0.29, 0.717) is 29.4 Å². The van der Waals surface area contributed by atoms with Crippen molar-refractivity contribution in [2.45, 2.75) is 13.0 Å². The summed E-state index contributed by atoms with van der Waals surface area (Å²) < 4.78 is 10.5. The number of benzene rings is 1. The van der Waals surface area contributed by atoms with Crippen LogP contribution in [0.25, 0.3) is 0 Å². The molecule has 2 heterocycles. The van der Waals surface area contributed by atoms with Crippen LogP contribution in [0.3, 0.4) is 0 Å². The summed E-state index contributed by atoms with van der Waals surface area (Å²) in [6, 6.07) is 5.22. The van der Waals surface area contributed by atoms with Crippen LogP contribution < -0.4 is 20.1 Å². The SMILES string of the molecule is COc1cccc(OC)c1C(=O)Nc1n[nH]c2c1CNCC2. The lowest BCUT2D eigenvalue weighted by Crippen LogP contribution is -2.24. The molecule has 116 valence electrons. The van der Waals surface area contributed by atoms with Gasteiger partial charge in [0, 0.05) is 30.8 Å². The van der Waals surface area contributed by atoms with Crippen LogP contribution in [0.5, 0.6) is 11.5 Å². The summed E-state index contributed by atoms with van der Waals surface area (Å²) in [5, 5.41) is 13.3. The third-order valence-corrected chi connectivity index (χ3v) is 3.69. The van der Waals surface area contributed by atoms with Crippen LogP contribution in [0.2, 0.25) is 0 Å². The molecule has 1 aromatic carbocycles. The largest absolute Gasteiger partial charge is 0.496 e. The van der Waals surface area contributed by atoms with Crippen LogP contribution in [0, 0.1) is 0 Å². The number of ether oxygens (including phenoxy) is 2. The van der Waals surface area contributed by atoms with Gasteiger partial charge >= 0.3 is 0 Å². The number of carbonyl (C=O) groups excluding carboxylic acids is 1. The van der Waals surface area contributed by atoms with Crippen molar-refractivity contribution in [1.29, 1.82) is 0 Å². The molecule has 7 nitrogen and oxygen atoms in total. The van der Waals surface area contributed by atoms with Crippen molar-refractivity contribution in [1.82, 2.24) is 15.5 Å². The van der Waals surface area contributed by atoms with Gasteiger partial charge in [0.1, 0.15) is 17.1 Å². The highest BCUT2D eigenvalue weighted by Gasteiger charge is 2.22. The Morgan fingerprint density at radius 2 is 2.00 bits per heavy atom. The van der Waals surface area contributed by atoms with Gasteiger partial charge in [0.25, 0.3) is 5.91 Å². The van der Waals surface area contributed by atoms with Gasteiger partial charge in [-0.1, -0.05) is 6.07 Å². The van der Waals surface area contributed by atoms with E-state index in [9.17, 15) is 4.79 Å². The lowest BCUT2D eigenvalue weighted by atomic mass is 10.1. The van der Waals surface area contributed by atoms with E-state index in [1.807, 2.05) is 0 Å². The number of hydrogen-bond acceptors (Lipinski definition) is 5. The van der Waals surface area contributed by atoms with E-state index in [1.54, 1.807) is 18.2 Å². The van der Waals surface area contributed by atoms with Crippen LogP contribution in [-0.2, 0) is 13.0 Å². The Labute approximate surface area is 128 Å². The van der Waals surface area contributed by atoms with Crippen molar-refractivity contribution >= 4 is 11.7 Å². The predicted octanol–water partition coefficient (Wildman–Crippen LogP) is 1.32. The van der Waals surface area contributed by atoms with E-state index in [1.165, 1.54) is 14.2 Å². The normalized spacial score (nSPS) is 13.4. The summed E-state index contributed by atoms with van der Waals surface area (Å²) in [4.78, 5) is 12.6. The maximum atomic E-state index is 12.6. The second-order valence-electron chi connectivity index (χ2n) is 4.95. The van der Waals surface area contributed by atoms with E-state index in [2.05, 4.69) is 20.8 Å². The molecule has 2 aromatic rings. The number of hydrogen-bond donors (Lipinski definition) is 3. The quantitative estimate of drug-likeness (QED) is 0.793. The molecule has 0 aliphatic carbocycles. The Bertz CT molecular complexity index is 674. The minimum atomic E-state index is -0.311. The number of rotatable bonds is 4. The fourth-order valence-electron chi connectivity index (χ4n) is 2.57.